The molecule has 4 rings (SSSR count). The summed E-state index contributed by atoms with van der Waals surface area (Å²) in [4.78, 5) is 39.1. The number of carbonyl (C=O) groups excluding carboxylic acids is 3. The molecule has 0 aromatic heterocycles. The van der Waals surface area contributed by atoms with Crippen LogP contribution in [0.1, 0.15) is 10.4 Å². The van der Waals surface area contributed by atoms with E-state index in [9.17, 15) is 14.4 Å². The van der Waals surface area contributed by atoms with Crippen molar-refractivity contribution in [3.8, 4) is 11.5 Å². The van der Waals surface area contributed by atoms with Gasteiger partial charge in [-0.15, -0.1) is 0 Å². The number of carbonyl (C=O) groups is 3. The van der Waals surface area contributed by atoms with Crippen molar-refractivity contribution in [2.24, 2.45) is 0 Å². The zero-order valence-corrected chi connectivity index (χ0v) is 17.3. The van der Waals surface area contributed by atoms with Crippen LogP contribution in [-0.2, 0) is 9.59 Å². The maximum absolute atomic E-state index is 12.7. The zero-order valence-electron chi connectivity index (χ0n) is 17.3. The lowest BCUT2D eigenvalue weighted by Gasteiger charge is -2.29. The highest BCUT2D eigenvalue weighted by molar-refractivity contribution is 6.08. The molecule has 0 bridgehead atoms. The third-order valence-corrected chi connectivity index (χ3v) is 4.87. The molecule has 1 aliphatic heterocycles. The molecule has 32 heavy (non-hydrogen) atoms. The van der Waals surface area contributed by atoms with Crippen LogP contribution in [0.5, 0.6) is 11.5 Å². The smallest absolute Gasteiger partial charge is 0.265 e. The van der Waals surface area contributed by atoms with Gasteiger partial charge in [0.05, 0.1) is 18.4 Å². The molecule has 162 valence electrons. The van der Waals surface area contributed by atoms with Gasteiger partial charge in [0.1, 0.15) is 18.0 Å². The molecule has 8 nitrogen and oxygen atoms in total. The van der Waals surface area contributed by atoms with Crippen molar-refractivity contribution in [1.29, 1.82) is 0 Å². The first kappa shape index (κ1) is 20.9. The van der Waals surface area contributed by atoms with Crippen molar-refractivity contribution < 1.29 is 23.9 Å². The monoisotopic (exact) mass is 431 g/mol. The maximum atomic E-state index is 12.7. The largest absolute Gasteiger partial charge is 0.496 e. The van der Waals surface area contributed by atoms with E-state index in [0.717, 1.165) is 0 Å². The van der Waals surface area contributed by atoms with Gasteiger partial charge in [-0.05, 0) is 42.5 Å². The predicted octanol–water partition coefficient (Wildman–Crippen LogP) is 3.31. The minimum atomic E-state index is -0.362. The first-order chi connectivity index (χ1) is 15.5. The molecule has 0 fully saturated rings. The molecule has 3 aromatic rings. The van der Waals surface area contributed by atoms with Crippen molar-refractivity contribution in [2.75, 3.05) is 35.8 Å². The summed E-state index contributed by atoms with van der Waals surface area (Å²) in [6.45, 7) is -0.355. The van der Waals surface area contributed by atoms with Gasteiger partial charge in [-0.2, -0.15) is 0 Å². The molecule has 0 radical (unpaired) electrons. The van der Waals surface area contributed by atoms with Gasteiger partial charge in [0.2, 0.25) is 5.91 Å². The second kappa shape index (κ2) is 9.22. The van der Waals surface area contributed by atoms with Crippen LogP contribution >= 0.6 is 0 Å². The lowest BCUT2D eigenvalue weighted by atomic mass is 10.1. The van der Waals surface area contributed by atoms with Crippen LogP contribution in [-0.4, -0.2) is 38.0 Å². The van der Waals surface area contributed by atoms with E-state index in [1.165, 1.54) is 12.0 Å². The number of methoxy groups -OCH3 is 1. The van der Waals surface area contributed by atoms with E-state index in [1.54, 1.807) is 54.6 Å². The number of hydrogen-bond donors (Lipinski definition) is 2. The predicted molar refractivity (Wildman–Crippen MR) is 120 cm³/mol. The van der Waals surface area contributed by atoms with E-state index in [2.05, 4.69) is 10.6 Å². The van der Waals surface area contributed by atoms with Gasteiger partial charge >= 0.3 is 0 Å². The van der Waals surface area contributed by atoms with E-state index in [1.807, 2.05) is 18.2 Å². The Labute approximate surface area is 184 Å². The Morgan fingerprint density at radius 2 is 1.72 bits per heavy atom. The van der Waals surface area contributed by atoms with Crippen molar-refractivity contribution in [3.63, 3.8) is 0 Å². The molecule has 8 heteroatoms. The molecule has 0 unspecified atom stereocenters. The number of nitrogens with zero attached hydrogens (tertiary/aromatic N) is 1. The average Bonchev–Trinajstić information content (AvgIpc) is 2.81. The highest BCUT2D eigenvalue weighted by Crippen LogP contribution is 2.35. The normalized spacial score (nSPS) is 12.4. The van der Waals surface area contributed by atoms with E-state index in [4.69, 9.17) is 9.47 Å². The second-order valence-corrected chi connectivity index (χ2v) is 7.02. The lowest BCUT2D eigenvalue weighted by Crippen LogP contribution is -2.43. The third-order valence-electron chi connectivity index (χ3n) is 4.87. The Hall–Kier alpha value is -4.33. The minimum absolute atomic E-state index is 0.168. The van der Waals surface area contributed by atoms with Crippen molar-refractivity contribution in [1.82, 2.24) is 0 Å². The number of fused-ring (bicyclic) bond motifs is 1. The summed E-state index contributed by atoms with van der Waals surface area (Å²) < 4.78 is 10.7. The van der Waals surface area contributed by atoms with Crippen molar-refractivity contribution in [3.05, 3.63) is 78.4 Å². The summed E-state index contributed by atoms with van der Waals surface area (Å²) in [5, 5.41) is 5.56. The summed E-state index contributed by atoms with van der Waals surface area (Å²) in [6.07, 6.45) is 0. The Balaban J connectivity index is 1.54. The molecule has 0 spiro atoms. The van der Waals surface area contributed by atoms with Crippen molar-refractivity contribution in [2.45, 2.75) is 0 Å². The van der Waals surface area contributed by atoms with Crippen LogP contribution in [0, 0.1) is 0 Å². The van der Waals surface area contributed by atoms with Gasteiger partial charge < -0.3 is 20.1 Å². The molecule has 0 atom stereocenters. The number of rotatable bonds is 6. The zero-order chi connectivity index (χ0) is 22.5. The van der Waals surface area contributed by atoms with Crippen molar-refractivity contribution >= 4 is 34.8 Å². The number of ether oxygens (including phenoxy) is 2. The number of hydrogen-bond acceptors (Lipinski definition) is 5. The van der Waals surface area contributed by atoms with Crippen LogP contribution in [0.25, 0.3) is 0 Å². The quantitative estimate of drug-likeness (QED) is 0.624. The summed E-state index contributed by atoms with van der Waals surface area (Å²) in [7, 11) is 1.49. The maximum Gasteiger partial charge on any atom is 0.265 e. The molecule has 0 saturated heterocycles. The fourth-order valence-electron chi connectivity index (χ4n) is 3.35. The summed E-state index contributed by atoms with van der Waals surface area (Å²) in [5.41, 5.74) is 1.86. The summed E-state index contributed by atoms with van der Waals surface area (Å²) in [6, 6.07) is 20.8. The molecule has 1 heterocycles. The minimum Gasteiger partial charge on any atom is -0.496 e. The summed E-state index contributed by atoms with van der Waals surface area (Å²) >= 11 is 0. The van der Waals surface area contributed by atoms with Crippen LogP contribution in [0.3, 0.4) is 0 Å². The summed E-state index contributed by atoms with van der Waals surface area (Å²) in [5.74, 6) is -0.165. The van der Waals surface area contributed by atoms with Crippen LogP contribution < -0.4 is 25.0 Å². The topological polar surface area (TPSA) is 97.0 Å². The van der Waals surface area contributed by atoms with E-state index in [0.29, 0.717) is 34.1 Å². The number of benzene rings is 3. The molecule has 3 amide bonds. The molecule has 3 aromatic carbocycles. The second-order valence-electron chi connectivity index (χ2n) is 7.02. The lowest BCUT2D eigenvalue weighted by molar-refractivity contribution is -0.123. The number of amides is 3. The van der Waals surface area contributed by atoms with Gasteiger partial charge in [0.15, 0.2) is 6.61 Å². The van der Waals surface area contributed by atoms with E-state index < -0.39 is 0 Å². The third kappa shape index (κ3) is 4.54. The van der Waals surface area contributed by atoms with E-state index >= 15 is 0 Å². The SMILES string of the molecule is COc1ccccc1C(=O)Nc1ccc2c(c1)N(CC(=O)Nc1ccccc1)C(=O)CO2. The van der Waals surface area contributed by atoms with Gasteiger partial charge in [-0.1, -0.05) is 30.3 Å². The Kier molecular flexibility index (Phi) is 6.03. The first-order valence-electron chi connectivity index (χ1n) is 9.91. The van der Waals surface area contributed by atoms with Gasteiger partial charge in [0.25, 0.3) is 11.8 Å². The van der Waals surface area contributed by atoms with Crippen LogP contribution in [0.2, 0.25) is 0 Å². The van der Waals surface area contributed by atoms with E-state index in [-0.39, 0.29) is 30.9 Å². The van der Waals surface area contributed by atoms with Gasteiger partial charge in [-0.25, -0.2) is 0 Å². The highest BCUT2D eigenvalue weighted by atomic mass is 16.5. The van der Waals surface area contributed by atoms with Gasteiger partial charge in [0, 0.05) is 11.4 Å². The molecule has 1 aliphatic rings. The Morgan fingerprint density at radius 3 is 2.50 bits per heavy atom. The van der Waals surface area contributed by atoms with Gasteiger partial charge in [-0.3, -0.25) is 19.3 Å². The van der Waals surface area contributed by atoms with Crippen LogP contribution in [0.4, 0.5) is 17.1 Å². The standard InChI is InChI=1S/C24H21N3O5/c1-31-20-10-6-5-9-18(20)24(30)26-17-11-12-21-19(13-17)27(23(29)15-32-21)14-22(28)25-16-7-3-2-4-8-16/h2-13H,14-15H2,1H3,(H,25,28)(H,26,30). The fraction of sp³-hybridized carbons (Fsp3) is 0.125. The molecule has 0 aliphatic carbocycles. The molecular weight excluding hydrogens is 410 g/mol. The molecule has 2 N–H and O–H groups in total. The van der Waals surface area contributed by atoms with Crippen LogP contribution in [0.15, 0.2) is 72.8 Å². The Morgan fingerprint density at radius 1 is 0.969 bits per heavy atom. The number of anilines is 3. The molecule has 0 saturated carbocycles. The Bertz CT molecular complexity index is 1160. The first-order valence-corrected chi connectivity index (χ1v) is 9.91. The molecular formula is C24H21N3O5. The average molecular weight is 431 g/mol. The fourth-order valence-corrected chi connectivity index (χ4v) is 3.35. The number of para-hydroxylation sites is 2. The highest BCUT2D eigenvalue weighted by Gasteiger charge is 2.28. The number of nitrogens with one attached hydrogen (secondary N) is 2.